The molecule has 0 bridgehead atoms. The SMILES string of the molecule is C[C@@H]1CN(C(=O)[C@H]2CCC[C@H]2NC(=O)OCC2c3ccccc3-c3ccccc32)C[C@H]1C(=O)O. The Hall–Kier alpha value is -3.35. The van der Waals surface area contributed by atoms with Gasteiger partial charge in [0.2, 0.25) is 5.91 Å². The van der Waals surface area contributed by atoms with E-state index in [9.17, 15) is 19.5 Å². The first kappa shape index (κ1) is 22.4. The maximum absolute atomic E-state index is 13.1. The number of nitrogens with zero attached hydrogens (tertiary/aromatic N) is 1. The number of ether oxygens (including phenoxy) is 1. The third-order valence-electron chi connectivity index (χ3n) is 7.72. The van der Waals surface area contributed by atoms with Gasteiger partial charge in [0.05, 0.1) is 11.8 Å². The van der Waals surface area contributed by atoms with E-state index in [1.807, 2.05) is 31.2 Å². The molecule has 2 aromatic rings. The van der Waals surface area contributed by atoms with Crippen LogP contribution >= 0.6 is 0 Å². The Kier molecular flexibility index (Phi) is 6.02. The van der Waals surface area contributed by atoms with E-state index in [-0.39, 0.29) is 42.9 Å². The molecule has 0 aromatic heterocycles. The van der Waals surface area contributed by atoms with Gasteiger partial charge < -0.3 is 20.1 Å². The van der Waals surface area contributed by atoms with E-state index in [0.717, 1.165) is 17.5 Å². The zero-order chi connectivity index (χ0) is 23.8. The lowest BCUT2D eigenvalue weighted by molar-refractivity contribution is -0.142. The zero-order valence-corrected chi connectivity index (χ0v) is 19.3. The van der Waals surface area contributed by atoms with Crippen molar-refractivity contribution in [1.82, 2.24) is 10.2 Å². The van der Waals surface area contributed by atoms with Gasteiger partial charge in [-0.1, -0.05) is 61.9 Å². The molecule has 0 unspecified atom stereocenters. The predicted molar refractivity (Wildman–Crippen MR) is 126 cm³/mol. The van der Waals surface area contributed by atoms with Crippen molar-refractivity contribution in [2.75, 3.05) is 19.7 Å². The second-order valence-corrected chi connectivity index (χ2v) is 9.78. The van der Waals surface area contributed by atoms with Crippen LogP contribution in [0.1, 0.15) is 43.2 Å². The van der Waals surface area contributed by atoms with Gasteiger partial charge in [-0.25, -0.2) is 4.79 Å². The van der Waals surface area contributed by atoms with Gasteiger partial charge in [-0.05, 0) is 41.0 Å². The molecule has 1 heterocycles. The Morgan fingerprint density at radius 1 is 0.971 bits per heavy atom. The molecule has 34 heavy (non-hydrogen) atoms. The molecule has 2 fully saturated rings. The van der Waals surface area contributed by atoms with Gasteiger partial charge in [-0.15, -0.1) is 0 Å². The van der Waals surface area contributed by atoms with Crippen molar-refractivity contribution in [3.8, 4) is 11.1 Å². The van der Waals surface area contributed by atoms with Gasteiger partial charge in [0.1, 0.15) is 6.61 Å². The summed E-state index contributed by atoms with van der Waals surface area (Å²) in [5.41, 5.74) is 4.66. The van der Waals surface area contributed by atoms with E-state index >= 15 is 0 Å². The summed E-state index contributed by atoms with van der Waals surface area (Å²) in [6.45, 7) is 2.79. The molecule has 178 valence electrons. The molecular weight excluding hydrogens is 432 g/mol. The maximum Gasteiger partial charge on any atom is 0.407 e. The number of hydrogen-bond acceptors (Lipinski definition) is 4. The molecule has 2 aliphatic carbocycles. The topological polar surface area (TPSA) is 95.9 Å². The first-order valence-corrected chi connectivity index (χ1v) is 12.1. The van der Waals surface area contributed by atoms with Crippen molar-refractivity contribution in [2.45, 2.75) is 38.1 Å². The summed E-state index contributed by atoms with van der Waals surface area (Å²) in [4.78, 5) is 39.0. The monoisotopic (exact) mass is 462 g/mol. The van der Waals surface area contributed by atoms with Crippen LogP contribution in [0, 0.1) is 17.8 Å². The standard InChI is InChI=1S/C27H30N2O5/c1-16-13-29(14-22(16)26(31)32)25(30)21-11-6-12-24(21)28-27(33)34-15-23-19-9-4-2-7-17(19)18-8-3-5-10-20(18)23/h2-5,7-10,16,21-24H,6,11-15H2,1H3,(H,28,33)(H,31,32)/t16-,21+,22-,24-/m1/s1. The van der Waals surface area contributed by atoms with Crippen LogP contribution in [0.3, 0.4) is 0 Å². The molecule has 1 aliphatic heterocycles. The van der Waals surface area contributed by atoms with E-state index < -0.39 is 18.0 Å². The quantitative estimate of drug-likeness (QED) is 0.703. The summed E-state index contributed by atoms with van der Waals surface area (Å²) in [5.74, 6) is -1.87. The zero-order valence-electron chi connectivity index (χ0n) is 19.3. The molecule has 1 saturated heterocycles. The highest BCUT2D eigenvalue weighted by atomic mass is 16.5. The minimum Gasteiger partial charge on any atom is -0.481 e. The van der Waals surface area contributed by atoms with E-state index in [1.54, 1.807) is 4.90 Å². The lowest BCUT2D eigenvalue weighted by Crippen LogP contribution is -2.45. The van der Waals surface area contributed by atoms with Gasteiger partial charge in [0, 0.05) is 25.0 Å². The van der Waals surface area contributed by atoms with Crippen LogP contribution in [-0.2, 0) is 14.3 Å². The number of amides is 2. The number of aliphatic carboxylic acids is 1. The smallest absolute Gasteiger partial charge is 0.407 e. The Morgan fingerprint density at radius 3 is 2.24 bits per heavy atom. The molecular formula is C27H30N2O5. The number of carbonyl (C=O) groups is 3. The number of carboxylic acid groups (broad SMARTS) is 1. The average molecular weight is 463 g/mol. The molecule has 7 heteroatoms. The van der Waals surface area contributed by atoms with Crippen LogP contribution in [0.15, 0.2) is 48.5 Å². The molecule has 2 N–H and O–H groups in total. The number of nitrogens with one attached hydrogen (secondary N) is 1. The third-order valence-corrected chi connectivity index (χ3v) is 7.72. The molecule has 2 aromatic carbocycles. The number of hydrogen-bond donors (Lipinski definition) is 2. The molecule has 4 atom stereocenters. The second kappa shape index (κ2) is 9.12. The number of alkyl carbamates (subject to hydrolysis) is 1. The first-order chi connectivity index (χ1) is 16.4. The third kappa shape index (κ3) is 4.04. The predicted octanol–water partition coefficient (Wildman–Crippen LogP) is 3.87. The fourth-order valence-electron chi connectivity index (χ4n) is 5.92. The van der Waals surface area contributed by atoms with Crippen LogP contribution in [0.25, 0.3) is 11.1 Å². The minimum atomic E-state index is -0.859. The lowest BCUT2D eigenvalue weighted by Gasteiger charge is -2.25. The summed E-state index contributed by atoms with van der Waals surface area (Å²) < 4.78 is 5.67. The van der Waals surface area contributed by atoms with Crippen LogP contribution in [0.2, 0.25) is 0 Å². The first-order valence-electron chi connectivity index (χ1n) is 12.1. The van der Waals surface area contributed by atoms with Crippen LogP contribution < -0.4 is 5.32 Å². The van der Waals surface area contributed by atoms with Crippen molar-refractivity contribution in [3.05, 3.63) is 59.7 Å². The van der Waals surface area contributed by atoms with Crippen molar-refractivity contribution in [2.24, 2.45) is 17.8 Å². The van der Waals surface area contributed by atoms with Gasteiger partial charge in [-0.2, -0.15) is 0 Å². The van der Waals surface area contributed by atoms with Crippen LogP contribution in [-0.4, -0.2) is 53.7 Å². The molecule has 1 saturated carbocycles. The Labute approximate surface area is 199 Å². The van der Waals surface area contributed by atoms with Gasteiger partial charge in [0.15, 0.2) is 0 Å². The number of fused-ring (bicyclic) bond motifs is 3. The number of benzene rings is 2. The largest absolute Gasteiger partial charge is 0.481 e. The fourth-order valence-corrected chi connectivity index (χ4v) is 5.92. The second-order valence-electron chi connectivity index (χ2n) is 9.78. The van der Waals surface area contributed by atoms with Crippen LogP contribution in [0.4, 0.5) is 4.79 Å². The summed E-state index contributed by atoms with van der Waals surface area (Å²) in [6, 6.07) is 16.1. The number of likely N-dealkylation sites (tertiary alicyclic amines) is 1. The molecule has 7 nitrogen and oxygen atoms in total. The van der Waals surface area contributed by atoms with Gasteiger partial charge >= 0.3 is 12.1 Å². The van der Waals surface area contributed by atoms with Gasteiger partial charge in [-0.3, -0.25) is 9.59 Å². The normalized spacial score (nSPS) is 25.6. The van der Waals surface area contributed by atoms with Crippen molar-refractivity contribution < 1.29 is 24.2 Å². The molecule has 0 radical (unpaired) electrons. The number of rotatable bonds is 5. The maximum atomic E-state index is 13.1. The van der Waals surface area contributed by atoms with E-state index in [2.05, 4.69) is 29.6 Å². The van der Waals surface area contributed by atoms with Crippen LogP contribution in [0.5, 0.6) is 0 Å². The molecule has 2 amide bonds. The van der Waals surface area contributed by atoms with Crippen molar-refractivity contribution >= 4 is 18.0 Å². The molecule has 3 aliphatic rings. The summed E-state index contributed by atoms with van der Waals surface area (Å²) in [5, 5.41) is 12.3. The highest BCUT2D eigenvalue weighted by molar-refractivity contribution is 5.83. The average Bonchev–Trinajstić information content (AvgIpc) is 3.53. The van der Waals surface area contributed by atoms with E-state index in [1.165, 1.54) is 11.1 Å². The van der Waals surface area contributed by atoms with Crippen molar-refractivity contribution in [1.29, 1.82) is 0 Å². The number of carbonyl (C=O) groups excluding carboxylic acids is 2. The highest BCUT2D eigenvalue weighted by Gasteiger charge is 2.42. The molecule has 5 rings (SSSR count). The van der Waals surface area contributed by atoms with Crippen molar-refractivity contribution in [3.63, 3.8) is 0 Å². The fraction of sp³-hybridized carbons (Fsp3) is 0.444. The summed E-state index contributed by atoms with van der Waals surface area (Å²) in [6.07, 6.45) is 1.74. The Balaban J connectivity index is 1.21. The summed E-state index contributed by atoms with van der Waals surface area (Å²) in [7, 11) is 0. The Morgan fingerprint density at radius 2 is 1.62 bits per heavy atom. The van der Waals surface area contributed by atoms with Gasteiger partial charge in [0.25, 0.3) is 0 Å². The summed E-state index contributed by atoms with van der Waals surface area (Å²) >= 11 is 0. The highest BCUT2D eigenvalue weighted by Crippen LogP contribution is 2.44. The van der Waals surface area contributed by atoms with E-state index in [0.29, 0.717) is 19.4 Å². The van der Waals surface area contributed by atoms with E-state index in [4.69, 9.17) is 4.74 Å². The lowest BCUT2D eigenvalue weighted by atomic mass is 9.98. The number of carboxylic acids is 1. The Bertz CT molecular complexity index is 1070. The minimum absolute atomic E-state index is 0.0156. The molecule has 0 spiro atoms.